The van der Waals surface area contributed by atoms with Crippen molar-refractivity contribution in [3.8, 4) is 11.1 Å². The quantitative estimate of drug-likeness (QED) is 0.754. The summed E-state index contributed by atoms with van der Waals surface area (Å²) >= 11 is 0. The van der Waals surface area contributed by atoms with E-state index in [1.165, 1.54) is 5.56 Å². The molecule has 0 radical (unpaired) electrons. The lowest BCUT2D eigenvalue weighted by Gasteiger charge is -2.18. The minimum atomic E-state index is -0.505. The van der Waals surface area contributed by atoms with E-state index >= 15 is 0 Å². The van der Waals surface area contributed by atoms with Gasteiger partial charge in [0.15, 0.2) is 0 Å². The molecule has 1 aliphatic heterocycles. The second kappa shape index (κ2) is 8.15. The van der Waals surface area contributed by atoms with Crippen LogP contribution >= 0.6 is 0 Å². The predicted octanol–water partition coefficient (Wildman–Crippen LogP) is 2.95. The second-order valence-corrected chi connectivity index (χ2v) is 6.86. The minimum absolute atomic E-state index is 0.259. The lowest BCUT2D eigenvalue weighted by molar-refractivity contribution is -0.120. The third kappa shape index (κ3) is 4.49. The molecule has 1 heterocycles. The Morgan fingerprint density at radius 2 is 1.73 bits per heavy atom. The Hall–Kier alpha value is -2.66. The van der Waals surface area contributed by atoms with Gasteiger partial charge in [0.05, 0.1) is 0 Å². The molecular formula is C21H25N3O2. The Bertz CT molecular complexity index is 789. The summed E-state index contributed by atoms with van der Waals surface area (Å²) in [5.41, 5.74) is 4.54. The molecule has 1 unspecified atom stereocenters. The zero-order valence-corrected chi connectivity index (χ0v) is 15.3. The fourth-order valence-electron chi connectivity index (χ4n) is 3.38. The summed E-state index contributed by atoms with van der Waals surface area (Å²) in [7, 11) is 2.11. The van der Waals surface area contributed by atoms with Crippen LogP contribution in [0.25, 0.3) is 11.1 Å². The molecule has 3 amide bonds. The second-order valence-electron chi connectivity index (χ2n) is 6.86. The highest BCUT2D eigenvalue weighted by molar-refractivity contribution is 6.04. The Morgan fingerprint density at radius 3 is 2.38 bits per heavy atom. The van der Waals surface area contributed by atoms with Crippen LogP contribution in [-0.4, -0.2) is 36.5 Å². The molecule has 0 aliphatic carbocycles. The van der Waals surface area contributed by atoms with Gasteiger partial charge < -0.3 is 10.2 Å². The average molecular weight is 351 g/mol. The molecule has 0 spiro atoms. The van der Waals surface area contributed by atoms with E-state index in [-0.39, 0.29) is 5.91 Å². The van der Waals surface area contributed by atoms with Gasteiger partial charge in [-0.3, -0.25) is 10.1 Å². The molecule has 0 bridgehead atoms. The predicted molar refractivity (Wildman–Crippen MR) is 103 cm³/mol. The van der Waals surface area contributed by atoms with Crippen molar-refractivity contribution in [3.63, 3.8) is 0 Å². The minimum Gasteiger partial charge on any atom is -0.326 e. The van der Waals surface area contributed by atoms with E-state index in [1.807, 2.05) is 18.2 Å². The molecule has 0 saturated carbocycles. The molecule has 2 aromatic rings. The summed E-state index contributed by atoms with van der Waals surface area (Å²) in [6.45, 7) is 4.06. The van der Waals surface area contributed by atoms with Gasteiger partial charge in [0, 0.05) is 13.0 Å². The molecule has 136 valence electrons. The molecular weight excluding hydrogens is 326 g/mol. The summed E-state index contributed by atoms with van der Waals surface area (Å²) < 4.78 is 0. The first kappa shape index (κ1) is 18.1. The fourth-order valence-corrected chi connectivity index (χ4v) is 3.38. The smallest absolute Gasteiger partial charge is 0.322 e. The van der Waals surface area contributed by atoms with Gasteiger partial charge in [0.2, 0.25) is 0 Å². The molecule has 5 heteroatoms. The van der Waals surface area contributed by atoms with Crippen LogP contribution in [0.1, 0.15) is 24.5 Å². The van der Waals surface area contributed by atoms with Crippen molar-refractivity contribution >= 4 is 11.9 Å². The van der Waals surface area contributed by atoms with E-state index in [2.05, 4.69) is 59.8 Å². The number of carbonyl (C=O) groups excluding carboxylic acids is 2. The van der Waals surface area contributed by atoms with Gasteiger partial charge in [-0.25, -0.2) is 4.79 Å². The van der Waals surface area contributed by atoms with Crippen LogP contribution in [0.15, 0.2) is 48.5 Å². The number of hydrogen-bond donors (Lipinski definition) is 2. The van der Waals surface area contributed by atoms with Crippen molar-refractivity contribution in [2.45, 2.75) is 32.4 Å². The van der Waals surface area contributed by atoms with Gasteiger partial charge in [-0.15, -0.1) is 0 Å². The average Bonchev–Trinajstić information content (AvgIpc) is 2.93. The summed E-state index contributed by atoms with van der Waals surface area (Å²) in [5.74, 6) is -0.259. The van der Waals surface area contributed by atoms with Gasteiger partial charge in [0.25, 0.3) is 5.91 Å². The van der Waals surface area contributed by atoms with Crippen LogP contribution in [0.4, 0.5) is 4.79 Å². The first-order valence-electron chi connectivity index (χ1n) is 9.03. The number of urea groups is 1. The molecule has 3 rings (SSSR count). The van der Waals surface area contributed by atoms with Crippen molar-refractivity contribution in [1.82, 2.24) is 15.5 Å². The zero-order valence-electron chi connectivity index (χ0n) is 15.3. The maximum atomic E-state index is 11.9. The number of carbonyl (C=O) groups is 2. The topological polar surface area (TPSA) is 61.4 Å². The first-order valence-corrected chi connectivity index (χ1v) is 9.03. The van der Waals surface area contributed by atoms with E-state index in [4.69, 9.17) is 0 Å². The molecule has 1 fully saturated rings. The normalized spacial score (nSPS) is 16.7. The van der Waals surface area contributed by atoms with E-state index < -0.39 is 12.1 Å². The highest BCUT2D eigenvalue weighted by Gasteiger charge is 2.29. The molecule has 1 atom stereocenters. The van der Waals surface area contributed by atoms with E-state index in [0.717, 1.165) is 36.2 Å². The largest absolute Gasteiger partial charge is 0.326 e. The summed E-state index contributed by atoms with van der Waals surface area (Å²) in [6, 6.07) is 15.8. The Balaban J connectivity index is 1.89. The van der Waals surface area contributed by atoms with Crippen molar-refractivity contribution in [2.75, 3.05) is 13.6 Å². The molecule has 2 aromatic carbocycles. The highest BCUT2D eigenvalue weighted by Crippen LogP contribution is 2.24. The zero-order chi connectivity index (χ0) is 18.5. The summed E-state index contributed by atoms with van der Waals surface area (Å²) in [6.07, 6.45) is 1.60. The molecule has 1 saturated heterocycles. The SMILES string of the molecule is CCCN(C)Cc1cc(CC2NC(=O)NC2=O)cc(-c2ccccc2)c1. The van der Waals surface area contributed by atoms with E-state index in [0.29, 0.717) is 6.42 Å². The van der Waals surface area contributed by atoms with Gasteiger partial charge in [-0.1, -0.05) is 49.4 Å². The summed E-state index contributed by atoms with van der Waals surface area (Å²) in [4.78, 5) is 25.6. The van der Waals surface area contributed by atoms with E-state index in [1.54, 1.807) is 0 Å². The number of nitrogens with one attached hydrogen (secondary N) is 2. The van der Waals surface area contributed by atoms with Crippen LogP contribution in [0.5, 0.6) is 0 Å². The van der Waals surface area contributed by atoms with Gasteiger partial charge in [-0.2, -0.15) is 0 Å². The van der Waals surface area contributed by atoms with Gasteiger partial charge >= 0.3 is 6.03 Å². The fraction of sp³-hybridized carbons (Fsp3) is 0.333. The number of benzene rings is 2. The van der Waals surface area contributed by atoms with Crippen LogP contribution in [0.3, 0.4) is 0 Å². The number of hydrogen-bond acceptors (Lipinski definition) is 3. The van der Waals surface area contributed by atoms with Crippen molar-refractivity contribution in [1.29, 1.82) is 0 Å². The van der Waals surface area contributed by atoms with Crippen molar-refractivity contribution in [2.24, 2.45) is 0 Å². The maximum absolute atomic E-state index is 11.9. The van der Waals surface area contributed by atoms with Gasteiger partial charge in [0.1, 0.15) is 6.04 Å². The lowest BCUT2D eigenvalue weighted by atomic mass is 9.96. The molecule has 1 aliphatic rings. The van der Waals surface area contributed by atoms with E-state index in [9.17, 15) is 9.59 Å². The highest BCUT2D eigenvalue weighted by atomic mass is 16.2. The van der Waals surface area contributed by atoms with Crippen LogP contribution in [0.2, 0.25) is 0 Å². The number of imide groups is 1. The third-order valence-corrected chi connectivity index (χ3v) is 4.52. The third-order valence-electron chi connectivity index (χ3n) is 4.52. The van der Waals surface area contributed by atoms with Crippen molar-refractivity contribution in [3.05, 3.63) is 59.7 Å². The van der Waals surface area contributed by atoms with Crippen molar-refractivity contribution < 1.29 is 9.59 Å². The molecule has 5 nitrogen and oxygen atoms in total. The van der Waals surface area contributed by atoms with Crippen LogP contribution in [0, 0.1) is 0 Å². The monoisotopic (exact) mass is 351 g/mol. The standard InChI is InChI=1S/C21H25N3O2/c1-3-9-24(2)14-16-10-15(13-19-20(25)23-21(26)22-19)11-18(12-16)17-7-5-4-6-8-17/h4-8,10-12,19H,3,9,13-14H2,1-2H3,(H2,22,23,25,26). The molecule has 0 aromatic heterocycles. The maximum Gasteiger partial charge on any atom is 0.322 e. The Morgan fingerprint density at radius 1 is 1.00 bits per heavy atom. The number of rotatable bonds is 7. The number of amides is 3. The van der Waals surface area contributed by atoms with Gasteiger partial charge in [-0.05, 0) is 48.3 Å². The summed E-state index contributed by atoms with van der Waals surface area (Å²) in [5, 5.41) is 4.98. The molecule has 2 N–H and O–H groups in total. The Kier molecular flexibility index (Phi) is 5.68. The van der Waals surface area contributed by atoms with Crippen LogP contribution in [-0.2, 0) is 17.8 Å². The number of nitrogens with zero attached hydrogens (tertiary/aromatic N) is 1. The lowest BCUT2D eigenvalue weighted by Crippen LogP contribution is -2.31. The first-order chi connectivity index (χ1) is 12.5. The van der Waals surface area contributed by atoms with Crippen LogP contribution < -0.4 is 10.6 Å². The Labute approximate surface area is 154 Å². The molecule has 26 heavy (non-hydrogen) atoms.